The van der Waals surface area contributed by atoms with Gasteiger partial charge in [-0.1, -0.05) is 0 Å². The van der Waals surface area contributed by atoms with Gasteiger partial charge in [0.1, 0.15) is 6.04 Å². The number of nitrogens with zero attached hydrogens (tertiary/aromatic N) is 1. The molecule has 1 heterocycles. The molecule has 1 unspecified atom stereocenters. The van der Waals surface area contributed by atoms with E-state index in [0.717, 1.165) is 12.8 Å². The Morgan fingerprint density at radius 1 is 1.56 bits per heavy atom. The summed E-state index contributed by atoms with van der Waals surface area (Å²) in [5.74, 6) is 0.984. The molecular weight excluding hydrogens is 208 g/mol. The van der Waals surface area contributed by atoms with Crippen molar-refractivity contribution >= 4 is 11.9 Å². The molecule has 5 heteroatoms. The van der Waals surface area contributed by atoms with Crippen molar-refractivity contribution in [2.75, 3.05) is 6.54 Å². The van der Waals surface area contributed by atoms with E-state index in [9.17, 15) is 9.59 Å². The second-order valence-electron chi connectivity index (χ2n) is 3.90. The molecule has 0 aliphatic carbocycles. The van der Waals surface area contributed by atoms with Crippen LogP contribution in [0.4, 0.5) is 0 Å². The molecule has 0 aromatic carbocycles. The molecule has 0 bridgehead atoms. The predicted molar refractivity (Wildman–Crippen MR) is 58.4 cm³/mol. The fourth-order valence-corrected chi connectivity index (χ4v) is 1.88. The second-order valence-corrected chi connectivity index (χ2v) is 3.90. The summed E-state index contributed by atoms with van der Waals surface area (Å²) >= 11 is 0. The lowest BCUT2D eigenvalue weighted by Gasteiger charge is -2.34. The first-order valence-corrected chi connectivity index (χ1v) is 5.30. The van der Waals surface area contributed by atoms with Gasteiger partial charge < -0.3 is 15.7 Å². The number of rotatable bonds is 3. The zero-order valence-corrected chi connectivity index (χ0v) is 9.06. The molecule has 3 N–H and O–H groups in total. The van der Waals surface area contributed by atoms with Gasteiger partial charge in [-0.15, -0.1) is 12.3 Å². The number of amides is 1. The Hall–Kier alpha value is -1.54. The molecule has 5 nitrogen and oxygen atoms in total. The number of carboxylic acids is 1. The largest absolute Gasteiger partial charge is 0.480 e. The maximum absolute atomic E-state index is 11.8. The molecule has 0 radical (unpaired) electrons. The van der Waals surface area contributed by atoms with Crippen molar-refractivity contribution in [3.05, 3.63) is 0 Å². The number of hydrogen-bond acceptors (Lipinski definition) is 3. The quantitative estimate of drug-likeness (QED) is 0.650. The number of nitrogens with two attached hydrogens (primary N) is 1. The lowest BCUT2D eigenvalue weighted by Crippen LogP contribution is -2.53. The number of carboxylic acid groups (broad SMARTS) is 1. The van der Waals surface area contributed by atoms with Crippen molar-refractivity contribution in [2.24, 2.45) is 5.73 Å². The summed E-state index contributed by atoms with van der Waals surface area (Å²) < 4.78 is 0. The lowest BCUT2D eigenvalue weighted by atomic mass is 10.0. The van der Waals surface area contributed by atoms with Crippen molar-refractivity contribution in [3.8, 4) is 12.3 Å². The highest BCUT2D eigenvalue weighted by atomic mass is 16.4. The SMILES string of the molecule is C#CCC(N)C(=O)N1CCCC[C@@H]1C(=O)O. The Labute approximate surface area is 94.6 Å². The number of aliphatic carboxylic acids is 1. The third-order valence-corrected chi connectivity index (χ3v) is 2.73. The minimum Gasteiger partial charge on any atom is -0.480 e. The number of carbonyl (C=O) groups excluding carboxylic acids is 1. The van der Waals surface area contributed by atoms with Gasteiger partial charge in [-0.25, -0.2) is 4.79 Å². The molecule has 1 rings (SSSR count). The Morgan fingerprint density at radius 3 is 2.81 bits per heavy atom. The van der Waals surface area contributed by atoms with Crippen LogP contribution in [0.25, 0.3) is 0 Å². The van der Waals surface area contributed by atoms with Gasteiger partial charge in [-0.3, -0.25) is 4.79 Å². The van der Waals surface area contributed by atoms with Crippen LogP contribution >= 0.6 is 0 Å². The highest BCUT2D eigenvalue weighted by Crippen LogP contribution is 2.18. The Kier molecular flexibility index (Phi) is 4.32. The topological polar surface area (TPSA) is 83.6 Å². The van der Waals surface area contributed by atoms with Crippen molar-refractivity contribution in [1.29, 1.82) is 0 Å². The van der Waals surface area contributed by atoms with Gasteiger partial charge in [-0.05, 0) is 19.3 Å². The van der Waals surface area contributed by atoms with Crippen LogP contribution in [0.5, 0.6) is 0 Å². The fourth-order valence-electron chi connectivity index (χ4n) is 1.88. The van der Waals surface area contributed by atoms with Crippen LogP contribution in [0.1, 0.15) is 25.7 Å². The van der Waals surface area contributed by atoms with Gasteiger partial charge in [0.2, 0.25) is 5.91 Å². The van der Waals surface area contributed by atoms with Crippen LogP contribution in [-0.4, -0.2) is 40.5 Å². The molecule has 1 aliphatic heterocycles. The van der Waals surface area contributed by atoms with E-state index < -0.39 is 18.1 Å². The van der Waals surface area contributed by atoms with Gasteiger partial charge in [0.25, 0.3) is 0 Å². The van der Waals surface area contributed by atoms with Crippen LogP contribution < -0.4 is 5.73 Å². The minimum absolute atomic E-state index is 0.141. The van der Waals surface area contributed by atoms with Crippen molar-refractivity contribution < 1.29 is 14.7 Å². The van der Waals surface area contributed by atoms with Gasteiger partial charge in [-0.2, -0.15) is 0 Å². The Balaban J connectivity index is 2.72. The van der Waals surface area contributed by atoms with Crippen LogP contribution in [0.3, 0.4) is 0 Å². The number of carbonyl (C=O) groups is 2. The molecule has 0 spiro atoms. The van der Waals surface area contributed by atoms with E-state index >= 15 is 0 Å². The predicted octanol–water partition coefficient (Wildman–Crippen LogP) is -0.197. The molecule has 1 fully saturated rings. The third-order valence-electron chi connectivity index (χ3n) is 2.73. The Morgan fingerprint density at radius 2 is 2.25 bits per heavy atom. The van der Waals surface area contributed by atoms with E-state index in [-0.39, 0.29) is 12.3 Å². The maximum Gasteiger partial charge on any atom is 0.326 e. The molecule has 0 saturated carbocycles. The second kappa shape index (κ2) is 5.52. The van der Waals surface area contributed by atoms with Gasteiger partial charge in [0.15, 0.2) is 0 Å². The van der Waals surface area contributed by atoms with E-state index in [1.54, 1.807) is 0 Å². The fraction of sp³-hybridized carbons (Fsp3) is 0.636. The maximum atomic E-state index is 11.8. The minimum atomic E-state index is -0.971. The third kappa shape index (κ3) is 2.74. The van der Waals surface area contributed by atoms with Crippen LogP contribution in [0, 0.1) is 12.3 Å². The zero-order chi connectivity index (χ0) is 12.1. The monoisotopic (exact) mass is 224 g/mol. The standard InChI is InChI=1S/C11H16N2O3/c1-2-5-8(12)10(14)13-7-4-3-6-9(13)11(15)16/h1,8-9H,3-7,12H2,(H,15,16)/t8?,9-/m1/s1. The summed E-state index contributed by atoms with van der Waals surface area (Å²) in [5.41, 5.74) is 5.59. The Bertz CT molecular complexity index is 322. The van der Waals surface area contributed by atoms with E-state index in [4.69, 9.17) is 17.3 Å². The first kappa shape index (κ1) is 12.5. The van der Waals surface area contributed by atoms with Crippen LogP contribution in [0.15, 0.2) is 0 Å². The molecular formula is C11H16N2O3. The van der Waals surface area contributed by atoms with E-state index in [1.807, 2.05) is 0 Å². The molecule has 0 aromatic heterocycles. The van der Waals surface area contributed by atoms with E-state index in [1.165, 1.54) is 4.90 Å². The van der Waals surface area contributed by atoms with E-state index in [0.29, 0.717) is 13.0 Å². The molecule has 1 saturated heterocycles. The van der Waals surface area contributed by atoms with E-state index in [2.05, 4.69) is 5.92 Å². The van der Waals surface area contributed by atoms with Crippen molar-refractivity contribution in [1.82, 2.24) is 4.90 Å². The van der Waals surface area contributed by atoms with Crippen LogP contribution in [-0.2, 0) is 9.59 Å². The number of terminal acetylenes is 1. The molecule has 88 valence electrons. The molecule has 2 atom stereocenters. The van der Waals surface area contributed by atoms with Gasteiger partial charge >= 0.3 is 5.97 Å². The summed E-state index contributed by atoms with van der Waals surface area (Å²) in [7, 11) is 0. The molecule has 0 aromatic rings. The molecule has 1 aliphatic rings. The summed E-state index contributed by atoms with van der Waals surface area (Å²) in [6, 6.07) is -1.53. The summed E-state index contributed by atoms with van der Waals surface area (Å²) in [6.07, 6.45) is 7.35. The average Bonchev–Trinajstić information content (AvgIpc) is 2.28. The first-order valence-electron chi connectivity index (χ1n) is 5.30. The molecule has 1 amide bonds. The summed E-state index contributed by atoms with van der Waals surface area (Å²) in [6.45, 7) is 0.452. The number of hydrogen-bond donors (Lipinski definition) is 2. The van der Waals surface area contributed by atoms with Crippen molar-refractivity contribution in [2.45, 2.75) is 37.8 Å². The smallest absolute Gasteiger partial charge is 0.326 e. The van der Waals surface area contributed by atoms with Gasteiger partial charge in [0, 0.05) is 13.0 Å². The summed E-state index contributed by atoms with van der Waals surface area (Å²) in [4.78, 5) is 24.2. The number of likely N-dealkylation sites (tertiary alicyclic amines) is 1. The highest BCUT2D eigenvalue weighted by molar-refractivity contribution is 5.87. The first-order chi connectivity index (χ1) is 7.57. The normalized spacial score (nSPS) is 22.2. The lowest BCUT2D eigenvalue weighted by molar-refractivity contribution is -0.152. The van der Waals surface area contributed by atoms with Crippen molar-refractivity contribution in [3.63, 3.8) is 0 Å². The average molecular weight is 224 g/mol. The summed E-state index contributed by atoms with van der Waals surface area (Å²) in [5, 5.41) is 8.99. The molecule has 16 heavy (non-hydrogen) atoms. The van der Waals surface area contributed by atoms with Gasteiger partial charge in [0.05, 0.1) is 6.04 Å². The zero-order valence-electron chi connectivity index (χ0n) is 9.06. The van der Waals surface area contributed by atoms with Crippen LogP contribution in [0.2, 0.25) is 0 Å². The number of piperidine rings is 1. The highest BCUT2D eigenvalue weighted by Gasteiger charge is 2.33.